The van der Waals surface area contributed by atoms with E-state index in [4.69, 9.17) is 9.47 Å². The molecule has 2 aliphatic rings. The van der Waals surface area contributed by atoms with Crippen LogP contribution in [0.3, 0.4) is 0 Å². The maximum absolute atomic E-state index is 13.0. The summed E-state index contributed by atoms with van der Waals surface area (Å²) in [5, 5.41) is 0.581. The van der Waals surface area contributed by atoms with E-state index < -0.39 is 16.0 Å². The Labute approximate surface area is 203 Å². The van der Waals surface area contributed by atoms with E-state index in [0.29, 0.717) is 55.0 Å². The minimum absolute atomic E-state index is 0.0358. The van der Waals surface area contributed by atoms with E-state index in [0.717, 1.165) is 12.8 Å². The third kappa shape index (κ3) is 5.14. The molecule has 0 atom stereocenters. The van der Waals surface area contributed by atoms with Gasteiger partial charge in [0.25, 0.3) is 5.56 Å². The van der Waals surface area contributed by atoms with Gasteiger partial charge < -0.3 is 9.47 Å². The van der Waals surface area contributed by atoms with Gasteiger partial charge in [-0.1, -0.05) is 24.3 Å². The van der Waals surface area contributed by atoms with Crippen LogP contribution in [0.15, 0.2) is 58.2 Å². The van der Waals surface area contributed by atoms with Crippen LogP contribution in [0.1, 0.15) is 36.7 Å². The van der Waals surface area contributed by atoms with Crippen LogP contribution in [0.4, 0.5) is 0 Å². The molecule has 0 N–H and O–H groups in total. The SMILES string of the molecule is O=C(CCc1nc2ccccc2c(=O)n1C1CC1)OCc1cccc(S(=O)(=O)N2CCOCC2)c1. The van der Waals surface area contributed by atoms with Crippen molar-refractivity contribution in [2.24, 2.45) is 0 Å². The number of aromatic nitrogens is 2. The summed E-state index contributed by atoms with van der Waals surface area (Å²) in [7, 11) is -3.63. The van der Waals surface area contributed by atoms with Gasteiger partial charge in [-0.15, -0.1) is 0 Å². The van der Waals surface area contributed by atoms with E-state index in [2.05, 4.69) is 4.98 Å². The molecule has 0 amide bonds. The van der Waals surface area contributed by atoms with E-state index in [1.165, 1.54) is 10.4 Å². The second-order valence-corrected chi connectivity index (χ2v) is 10.7. The Bertz CT molecular complexity index is 1410. The standard InChI is InChI=1S/C25H27N3O6S/c29-24(11-10-23-26-22-7-2-1-6-21(22)25(30)28(23)19-8-9-19)34-17-18-4-3-5-20(16-18)35(31,32)27-12-14-33-15-13-27/h1-7,16,19H,8-15,17H2. The first-order valence-electron chi connectivity index (χ1n) is 11.8. The van der Waals surface area contributed by atoms with Gasteiger partial charge in [0, 0.05) is 25.6 Å². The predicted octanol–water partition coefficient (Wildman–Crippen LogP) is 2.43. The van der Waals surface area contributed by atoms with Crippen LogP contribution in [0.25, 0.3) is 10.9 Å². The summed E-state index contributed by atoms with van der Waals surface area (Å²) in [5.74, 6) is 0.156. The Kier molecular flexibility index (Phi) is 6.68. The van der Waals surface area contributed by atoms with Crippen molar-refractivity contribution in [1.29, 1.82) is 0 Å². The predicted molar refractivity (Wildman–Crippen MR) is 128 cm³/mol. The normalized spacial score (nSPS) is 16.9. The Balaban J connectivity index is 1.24. The van der Waals surface area contributed by atoms with Crippen LogP contribution in [0.5, 0.6) is 0 Å². The van der Waals surface area contributed by atoms with Crippen LogP contribution < -0.4 is 5.56 Å². The molecule has 1 saturated carbocycles. The highest BCUT2D eigenvalue weighted by Gasteiger charge is 2.29. The largest absolute Gasteiger partial charge is 0.461 e. The number of ether oxygens (including phenoxy) is 2. The molecular weight excluding hydrogens is 470 g/mol. The lowest BCUT2D eigenvalue weighted by molar-refractivity contribution is -0.144. The van der Waals surface area contributed by atoms with Crippen molar-refractivity contribution in [2.45, 2.75) is 43.2 Å². The van der Waals surface area contributed by atoms with Crippen molar-refractivity contribution in [3.8, 4) is 0 Å². The topological polar surface area (TPSA) is 108 Å². The zero-order chi connectivity index (χ0) is 24.4. The first kappa shape index (κ1) is 23.7. The van der Waals surface area contributed by atoms with E-state index in [9.17, 15) is 18.0 Å². The third-order valence-corrected chi connectivity index (χ3v) is 8.15. The minimum Gasteiger partial charge on any atom is -0.461 e. The number of esters is 1. The van der Waals surface area contributed by atoms with E-state index in [-0.39, 0.29) is 29.5 Å². The smallest absolute Gasteiger partial charge is 0.306 e. The van der Waals surface area contributed by atoms with Crippen molar-refractivity contribution in [3.63, 3.8) is 0 Å². The highest BCUT2D eigenvalue weighted by molar-refractivity contribution is 7.89. The number of benzene rings is 2. The Hall–Kier alpha value is -3.08. The maximum Gasteiger partial charge on any atom is 0.306 e. The van der Waals surface area contributed by atoms with Crippen molar-refractivity contribution in [3.05, 3.63) is 70.3 Å². The Morgan fingerprint density at radius 3 is 2.63 bits per heavy atom. The number of hydrogen-bond donors (Lipinski definition) is 0. The van der Waals surface area contributed by atoms with Gasteiger partial charge in [-0.2, -0.15) is 4.31 Å². The summed E-state index contributed by atoms with van der Waals surface area (Å²) in [6, 6.07) is 13.8. The van der Waals surface area contributed by atoms with Crippen LogP contribution >= 0.6 is 0 Å². The molecule has 10 heteroatoms. The zero-order valence-corrected chi connectivity index (χ0v) is 20.1. The Morgan fingerprint density at radius 2 is 1.86 bits per heavy atom. The summed E-state index contributed by atoms with van der Waals surface area (Å²) in [5.41, 5.74) is 1.14. The fourth-order valence-electron chi connectivity index (χ4n) is 4.26. The van der Waals surface area contributed by atoms with Gasteiger partial charge in [0.1, 0.15) is 12.4 Å². The zero-order valence-electron chi connectivity index (χ0n) is 19.3. The molecule has 0 unspecified atom stereocenters. The quantitative estimate of drug-likeness (QED) is 0.440. The summed E-state index contributed by atoms with van der Waals surface area (Å²) < 4.78 is 39.5. The van der Waals surface area contributed by atoms with Gasteiger partial charge in [-0.25, -0.2) is 13.4 Å². The lowest BCUT2D eigenvalue weighted by Gasteiger charge is -2.26. The number of nitrogens with zero attached hydrogens (tertiary/aromatic N) is 3. The molecule has 2 heterocycles. The lowest BCUT2D eigenvalue weighted by Crippen LogP contribution is -2.40. The third-order valence-electron chi connectivity index (χ3n) is 6.25. The van der Waals surface area contributed by atoms with Crippen LogP contribution in [0.2, 0.25) is 0 Å². The maximum atomic E-state index is 13.0. The van der Waals surface area contributed by atoms with Crippen molar-refractivity contribution in [2.75, 3.05) is 26.3 Å². The fraction of sp³-hybridized carbons (Fsp3) is 0.400. The van der Waals surface area contributed by atoms with Gasteiger partial charge in [-0.05, 0) is 42.7 Å². The number of carbonyl (C=O) groups excluding carboxylic acids is 1. The van der Waals surface area contributed by atoms with Crippen molar-refractivity contribution >= 4 is 26.9 Å². The Morgan fingerprint density at radius 1 is 1.09 bits per heavy atom. The molecule has 0 radical (unpaired) electrons. The van der Waals surface area contributed by atoms with E-state index in [1.807, 2.05) is 12.1 Å². The van der Waals surface area contributed by atoms with E-state index in [1.54, 1.807) is 34.9 Å². The molecule has 1 aromatic heterocycles. The number of rotatable bonds is 8. The molecule has 1 saturated heterocycles. The molecule has 184 valence electrons. The average molecular weight is 498 g/mol. The average Bonchev–Trinajstić information content (AvgIpc) is 3.72. The molecule has 2 aromatic carbocycles. The first-order valence-corrected chi connectivity index (χ1v) is 13.2. The second-order valence-electron chi connectivity index (χ2n) is 8.78. The van der Waals surface area contributed by atoms with Crippen molar-refractivity contribution in [1.82, 2.24) is 13.9 Å². The number of fused-ring (bicyclic) bond motifs is 1. The molecule has 5 rings (SSSR count). The monoisotopic (exact) mass is 497 g/mol. The van der Waals surface area contributed by atoms with Gasteiger partial charge in [-0.3, -0.25) is 14.2 Å². The van der Waals surface area contributed by atoms with Gasteiger partial charge in [0.2, 0.25) is 10.0 Å². The molecule has 1 aliphatic carbocycles. The number of carbonyl (C=O) groups is 1. The number of aryl methyl sites for hydroxylation is 1. The number of sulfonamides is 1. The fourth-order valence-corrected chi connectivity index (χ4v) is 5.74. The summed E-state index contributed by atoms with van der Waals surface area (Å²) in [4.78, 5) is 30.3. The first-order chi connectivity index (χ1) is 16.9. The highest BCUT2D eigenvalue weighted by atomic mass is 32.2. The summed E-state index contributed by atoms with van der Waals surface area (Å²) in [6.45, 7) is 1.34. The summed E-state index contributed by atoms with van der Waals surface area (Å²) >= 11 is 0. The van der Waals surface area contributed by atoms with Gasteiger partial charge in [0.05, 0.1) is 35.4 Å². The minimum atomic E-state index is -3.63. The van der Waals surface area contributed by atoms with Gasteiger partial charge in [0.15, 0.2) is 0 Å². The van der Waals surface area contributed by atoms with Crippen LogP contribution in [0, 0.1) is 0 Å². The van der Waals surface area contributed by atoms with E-state index >= 15 is 0 Å². The second kappa shape index (κ2) is 9.88. The molecule has 9 nitrogen and oxygen atoms in total. The molecule has 0 spiro atoms. The van der Waals surface area contributed by atoms with Crippen molar-refractivity contribution < 1.29 is 22.7 Å². The number of hydrogen-bond acceptors (Lipinski definition) is 7. The number of para-hydroxylation sites is 1. The lowest BCUT2D eigenvalue weighted by atomic mass is 10.2. The van der Waals surface area contributed by atoms with Gasteiger partial charge >= 0.3 is 5.97 Å². The number of morpholine rings is 1. The molecule has 3 aromatic rings. The molecule has 2 fully saturated rings. The van der Waals surface area contributed by atoms with Crippen LogP contribution in [-0.4, -0.2) is 54.5 Å². The molecular formula is C25H27N3O6S. The summed E-state index contributed by atoms with van der Waals surface area (Å²) in [6.07, 6.45) is 2.23. The highest BCUT2D eigenvalue weighted by Crippen LogP contribution is 2.35. The van der Waals surface area contributed by atoms with Crippen LogP contribution in [-0.2, 0) is 37.3 Å². The molecule has 35 heavy (non-hydrogen) atoms. The molecule has 1 aliphatic heterocycles. The molecule has 0 bridgehead atoms.